The average molecular weight is 249 g/mol. The van der Waals surface area contributed by atoms with Crippen LogP contribution in [0.25, 0.3) is 0 Å². The second-order valence-corrected chi connectivity index (χ2v) is 0. The summed E-state index contributed by atoms with van der Waals surface area (Å²) >= 11 is 0. The van der Waals surface area contributed by atoms with Crippen molar-refractivity contribution in [1.82, 2.24) is 0 Å². The summed E-state index contributed by atoms with van der Waals surface area (Å²) in [5, 5.41) is 0. The van der Waals surface area contributed by atoms with Crippen LogP contribution in [0, 0.1) is 0 Å². The largest absolute Gasteiger partial charge is 0 e. The van der Waals surface area contributed by atoms with Gasteiger partial charge in [-0.25, -0.2) is 0 Å². The van der Waals surface area contributed by atoms with Crippen LogP contribution in [0.3, 0.4) is 0 Å². The van der Waals surface area contributed by atoms with Gasteiger partial charge in [-0.3, -0.25) is 0 Å². The van der Waals surface area contributed by atoms with E-state index in [9.17, 15) is 0 Å². The van der Waals surface area contributed by atoms with Gasteiger partial charge in [0.05, 0.1) is 0 Å². The first-order valence-electron chi connectivity index (χ1n) is 0. The van der Waals surface area contributed by atoms with E-state index in [1.54, 1.807) is 0 Å². The molecule has 0 aromatic carbocycles. The predicted molar refractivity (Wildman–Crippen MR) is 5.75 cm³/mol. The van der Waals surface area contributed by atoms with E-state index in [4.69, 9.17) is 0 Å². The predicted octanol–water partition coefficient (Wildman–Crippen LogP) is -0.388. The van der Waals surface area contributed by atoms with Gasteiger partial charge < -0.3 is 0 Å². The van der Waals surface area contributed by atoms with Crippen molar-refractivity contribution in [3.05, 3.63) is 0 Å². The molecular formula is Co3Ge. The summed E-state index contributed by atoms with van der Waals surface area (Å²) in [5.41, 5.74) is 0. The van der Waals surface area contributed by atoms with Gasteiger partial charge >= 0.3 is 0 Å². The third kappa shape index (κ3) is 8.96. The summed E-state index contributed by atoms with van der Waals surface area (Å²) in [6.45, 7) is 0. The van der Waals surface area contributed by atoms with Crippen molar-refractivity contribution >= 4 is 17.6 Å². The van der Waals surface area contributed by atoms with E-state index in [0.29, 0.717) is 0 Å². The van der Waals surface area contributed by atoms with Crippen molar-refractivity contribution < 1.29 is 50.3 Å². The van der Waals surface area contributed by atoms with E-state index in [1.165, 1.54) is 0 Å². The summed E-state index contributed by atoms with van der Waals surface area (Å²) < 4.78 is 0. The Morgan fingerprint density at radius 3 is 0.500 bits per heavy atom. The zero-order valence-electron chi connectivity index (χ0n) is 1.50. The topological polar surface area (TPSA) is 0 Å². The molecule has 0 heterocycles. The Hall–Kier alpha value is 2.06. The quantitative estimate of drug-likeness (QED) is 0.513. The molecule has 0 N–H and O–H groups in total. The van der Waals surface area contributed by atoms with Crippen molar-refractivity contribution in [3.8, 4) is 0 Å². The van der Waals surface area contributed by atoms with Gasteiger partial charge in [0.1, 0.15) is 0 Å². The molecule has 0 amide bonds. The molecular weight excluding hydrogens is 249 g/mol. The van der Waals surface area contributed by atoms with Crippen LogP contribution < -0.4 is 0 Å². The molecule has 0 saturated heterocycles. The Balaban J connectivity index is 0. The van der Waals surface area contributed by atoms with E-state index in [2.05, 4.69) is 0 Å². The first-order chi connectivity index (χ1) is 0. The normalized spacial score (nSPS) is 0. The van der Waals surface area contributed by atoms with Crippen molar-refractivity contribution in [2.24, 2.45) is 0 Å². The van der Waals surface area contributed by atoms with Gasteiger partial charge in [0.15, 0.2) is 0 Å². The molecule has 7 radical (unpaired) electrons. The zero-order valence-corrected chi connectivity index (χ0v) is 6.72. The standard InChI is InChI=1S/3Co.Ge. The van der Waals surface area contributed by atoms with Gasteiger partial charge in [0.25, 0.3) is 0 Å². The van der Waals surface area contributed by atoms with E-state index >= 15 is 0 Å². The molecule has 4 heteroatoms. The first-order valence-corrected chi connectivity index (χ1v) is 0. The molecule has 0 bridgehead atoms. The molecule has 0 spiro atoms. The fourth-order valence-electron chi connectivity index (χ4n) is 0. The van der Waals surface area contributed by atoms with Crippen LogP contribution in [0.5, 0.6) is 0 Å². The summed E-state index contributed by atoms with van der Waals surface area (Å²) in [4.78, 5) is 0. The van der Waals surface area contributed by atoms with Gasteiger partial charge in [-0.15, -0.1) is 0 Å². The SMILES string of the molecule is [Co].[Co].[Co].[Ge]. The van der Waals surface area contributed by atoms with Crippen LogP contribution in [-0.2, 0) is 50.3 Å². The van der Waals surface area contributed by atoms with E-state index in [1.807, 2.05) is 0 Å². The molecule has 0 fully saturated rings. The van der Waals surface area contributed by atoms with Crippen molar-refractivity contribution in [1.29, 1.82) is 0 Å². The Labute approximate surface area is 67.4 Å². The molecule has 0 aliphatic carbocycles. The molecule has 0 aromatic heterocycles. The smallest absolute Gasteiger partial charge is 0 e. The molecule has 0 aliphatic rings. The minimum atomic E-state index is 0. The summed E-state index contributed by atoms with van der Waals surface area (Å²) in [5.74, 6) is 0. The third-order valence-electron chi connectivity index (χ3n) is 0. The van der Waals surface area contributed by atoms with E-state index in [0.717, 1.165) is 0 Å². The Morgan fingerprint density at radius 2 is 0.500 bits per heavy atom. The molecule has 0 saturated carbocycles. The molecule has 31 valence electrons. The maximum absolute atomic E-state index is 0. The van der Waals surface area contributed by atoms with Gasteiger partial charge in [-0.1, -0.05) is 0 Å². The Bertz CT molecular complexity index is 3.25. The Morgan fingerprint density at radius 1 is 0.500 bits per heavy atom. The van der Waals surface area contributed by atoms with Gasteiger partial charge in [0.2, 0.25) is 0 Å². The number of hydrogen-bond acceptors (Lipinski definition) is 0. The second-order valence-electron chi connectivity index (χ2n) is 0. The van der Waals surface area contributed by atoms with Crippen LogP contribution in [0.2, 0.25) is 0 Å². The maximum Gasteiger partial charge on any atom is 0 e. The van der Waals surface area contributed by atoms with Crippen molar-refractivity contribution in [3.63, 3.8) is 0 Å². The number of rotatable bonds is 0. The Kier molecular flexibility index (Phi) is 179. The molecule has 0 nitrogen and oxygen atoms in total. The maximum atomic E-state index is 0. The van der Waals surface area contributed by atoms with Crippen LogP contribution >= 0.6 is 0 Å². The second kappa shape index (κ2) is 19.6. The van der Waals surface area contributed by atoms with Crippen molar-refractivity contribution in [2.75, 3.05) is 0 Å². The minimum Gasteiger partial charge on any atom is 0 e. The van der Waals surface area contributed by atoms with Gasteiger partial charge in [-0.2, -0.15) is 0 Å². The fraction of sp³-hybridized carbons (Fsp3) is 0. The molecule has 0 unspecified atom stereocenters. The van der Waals surface area contributed by atoms with Crippen LogP contribution in [0.4, 0.5) is 0 Å². The molecule has 4 heavy (non-hydrogen) atoms. The summed E-state index contributed by atoms with van der Waals surface area (Å²) in [6, 6.07) is 0. The summed E-state index contributed by atoms with van der Waals surface area (Å²) in [7, 11) is 0. The fourth-order valence-corrected chi connectivity index (χ4v) is 0. The van der Waals surface area contributed by atoms with Gasteiger partial charge in [-0.05, 0) is 0 Å². The third-order valence-corrected chi connectivity index (χ3v) is 0. The summed E-state index contributed by atoms with van der Waals surface area (Å²) in [6.07, 6.45) is 0. The monoisotopic (exact) mass is 251 g/mol. The van der Waals surface area contributed by atoms with Gasteiger partial charge in [0, 0.05) is 67.9 Å². The van der Waals surface area contributed by atoms with Crippen LogP contribution in [0.1, 0.15) is 0 Å². The zero-order chi connectivity index (χ0) is 0. The van der Waals surface area contributed by atoms with Crippen LogP contribution in [0.15, 0.2) is 0 Å². The minimum absolute atomic E-state index is 0. The molecule has 0 aliphatic heterocycles. The molecule has 0 atom stereocenters. The van der Waals surface area contributed by atoms with Crippen molar-refractivity contribution in [2.45, 2.75) is 0 Å². The first kappa shape index (κ1) is 36.5. The molecule has 0 aromatic rings. The van der Waals surface area contributed by atoms with Crippen LogP contribution in [-0.4, -0.2) is 17.6 Å². The number of hydrogen-bond donors (Lipinski definition) is 0. The average Bonchev–Trinajstić information content (AvgIpc) is 0. The molecule has 0 rings (SSSR count). The van der Waals surface area contributed by atoms with E-state index < -0.39 is 0 Å². The van der Waals surface area contributed by atoms with E-state index in [-0.39, 0.29) is 67.9 Å².